The highest BCUT2D eigenvalue weighted by Crippen LogP contribution is 2.28. The van der Waals surface area contributed by atoms with Crippen LogP contribution in [0.5, 0.6) is 5.75 Å². The molecule has 0 amide bonds. The molecule has 3 nitrogen and oxygen atoms in total. The maximum atomic E-state index is 12.4. The molecule has 3 aromatic carbocycles. The third-order valence-corrected chi connectivity index (χ3v) is 6.39. The molecule has 0 aromatic heterocycles. The molecule has 0 radical (unpaired) electrons. The van der Waals surface area contributed by atoms with Gasteiger partial charge in [0.15, 0.2) is 0 Å². The number of alkyl halides is 3. The Morgan fingerprint density at radius 1 is 1.00 bits per heavy atom. The normalized spacial score (nSPS) is 16.9. The highest BCUT2D eigenvalue weighted by atomic mass is 35.5. The summed E-state index contributed by atoms with van der Waals surface area (Å²) in [5.74, 6) is -0.209. The Kier molecular flexibility index (Phi) is 7.30. The van der Waals surface area contributed by atoms with E-state index < -0.39 is 6.36 Å². The molecule has 3 aromatic rings. The van der Waals surface area contributed by atoms with Gasteiger partial charge in [0.1, 0.15) is 5.75 Å². The first-order valence-electron chi connectivity index (χ1n) is 10.2. The predicted octanol–water partition coefficient (Wildman–Crippen LogP) is 6.78. The lowest BCUT2D eigenvalue weighted by Gasteiger charge is -2.17. The summed E-state index contributed by atoms with van der Waals surface area (Å²) >= 11 is 7.29. The number of likely N-dealkylation sites (tertiary alicyclic amines) is 1. The van der Waals surface area contributed by atoms with Gasteiger partial charge in [0.25, 0.3) is 0 Å². The zero-order chi connectivity index (χ0) is 22.6. The number of ether oxygens (including phenoxy) is 1. The van der Waals surface area contributed by atoms with Crippen molar-refractivity contribution in [1.29, 1.82) is 0 Å². The molecule has 1 aliphatic heterocycles. The minimum absolute atomic E-state index is 0.209. The van der Waals surface area contributed by atoms with E-state index in [9.17, 15) is 13.2 Å². The number of rotatable bonds is 7. The highest BCUT2D eigenvalue weighted by Gasteiger charge is 2.31. The summed E-state index contributed by atoms with van der Waals surface area (Å²) in [5, 5.41) is 0.725. The van der Waals surface area contributed by atoms with Crippen LogP contribution in [0.4, 0.5) is 13.2 Å². The maximum Gasteiger partial charge on any atom is 0.573 e. The fourth-order valence-corrected chi connectivity index (χ4v) is 4.60. The summed E-state index contributed by atoms with van der Waals surface area (Å²) in [6.45, 7) is 2.71. The van der Waals surface area contributed by atoms with Gasteiger partial charge in [-0.1, -0.05) is 54.1 Å². The zero-order valence-electron chi connectivity index (χ0n) is 17.1. The highest BCUT2D eigenvalue weighted by molar-refractivity contribution is 7.97. The molecule has 32 heavy (non-hydrogen) atoms. The number of nitrogens with one attached hydrogen (secondary N) is 1. The Labute approximate surface area is 194 Å². The van der Waals surface area contributed by atoms with Gasteiger partial charge in [0.2, 0.25) is 0 Å². The first-order chi connectivity index (χ1) is 15.3. The number of nitrogens with zero attached hydrogens (tertiary/aromatic N) is 1. The molecule has 1 N–H and O–H groups in total. The molecular formula is C24H22ClF3N2OS. The fraction of sp³-hybridized carbons (Fsp3) is 0.250. The van der Waals surface area contributed by atoms with Gasteiger partial charge in [0, 0.05) is 35.6 Å². The fourth-order valence-electron chi connectivity index (χ4n) is 3.66. The van der Waals surface area contributed by atoms with E-state index in [1.807, 2.05) is 24.3 Å². The van der Waals surface area contributed by atoms with Gasteiger partial charge >= 0.3 is 6.36 Å². The average Bonchev–Trinajstić information content (AvgIpc) is 3.20. The number of benzene rings is 3. The molecule has 0 saturated carbocycles. The van der Waals surface area contributed by atoms with Gasteiger partial charge in [0.05, 0.1) is 0 Å². The molecule has 1 atom stereocenters. The van der Waals surface area contributed by atoms with Gasteiger partial charge in [-0.3, -0.25) is 9.62 Å². The van der Waals surface area contributed by atoms with E-state index in [0.717, 1.165) is 42.2 Å². The zero-order valence-corrected chi connectivity index (χ0v) is 18.7. The molecule has 1 saturated heterocycles. The molecular weight excluding hydrogens is 457 g/mol. The van der Waals surface area contributed by atoms with E-state index in [1.165, 1.54) is 29.6 Å². The Bertz CT molecular complexity index is 1030. The first-order valence-corrected chi connectivity index (χ1v) is 11.4. The minimum atomic E-state index is -4.68. The van der Waals surface area contributed by atoms with Crippen LogP contribution >= 0.6 is 23.5 Å². The summed E-state index contributed by atoms with van der Waals surface area (Å²) in [7, 11) is 0. The number of hydrogen-bond donors (Lipinski definition) is 1. The Hall–Kier alpha value is -2.19. The number of hydrogen-bond acceptors (Lipinski definition) is 4. The second-order valence-corrected chi connectivity index (χ2v) is 9.01. The van der Waals surface area contributed by atoms with Gasteiger partial charge < -0.3 is 4.74 Å². The van der Waals surface area contributed by atoms with Crippen LogP contribution in [0.2, 0.25) is 5.02 Å². The van der Waals surface area contributed by atoms with Crippen molar-refractivity contribution >= 4 is 23.5 Å². The van der Waals surface area contributed by atoms with E-state index in [0.29, 0.717) is 4.90 Å². The quantitative estimate of drug-likeness (QED) is 0.378. The van der Waals surface area contributed by atoms with Crippen molar-refractivity contribution in [2.75, 3.05) is 13.1 Å². The standard InChI is InChI=1S/C24H22ClF3N2OS/c25-20-10-8-19(9-11-20)18-6-4-17(5-7-18)15-30-13-12-21(16-30)29-32-23-3-1-2-22(14-23)31-24(26,27)28/h1-11,14,21,29H,12-13,15-16H2. The van der Waals surface area contributed by atoms with E-state index in [4.69, 9.17) is 11.6 Å². The van der Waals surface area contributed by atoms with Crippen molar-refractivity contribution in [3.8, 4) is 16.9 Å². The Balaban J connectivity index is 1.26. The lowest BCUT2D eigenvalue weighted by atomic mass is 10.0. The van der Waals surface area contributed by atoms with Crippen LogP contribution in [-0.4, -0.2) is 30.4 Å². The smallest absolute Gasteiger partial charge is 0.406 e. The Morgan fingerprint density at radius 3 is 2.38 bits per heavy atom. The second-order valence-electron chi connectivity index (χ2n) is 7.67. The van der Waals surface area contributed by atoms with Crippen LogP contribution in [0.3, 0.4) is 0 Å². The van der Waals surface area contributed by atoms with Crippen LogP contribution in [0.25, 0.3) is 11.1 Å². The summed E-state index contributed by atoms with van der Waals surface area (Å²) in [6.07, 6.45) is -3.70. The molecule has 4 rings (SSSR count). The van der Waals surface area contributed by atoms with E-state index in [1.54, 1.807) is 12.1 Å². The summed E-state index contributed by atoms with van der Waals surface area (Å²) in [4.78, 5) is 3.06. The SMILES string of the molecule is FC(F)(F)Oc1cccc(SNC2CCN(Cc3ccc(-c4ccc(Cl)cc4)cc3)C2)c1. The van der Waals surface area contributed by atoms with Crippen LogP contribution in [-0.2, 0) is 6.54 Å². The van der Waals surface area contributed by atoms with Crippen LogP contribution in [0.15, 0.2) is 77.7 Å². The van der Waals surface area contributed by atoms with Crippen molar-refractivity contribution < 1.29 is 17.9 Å². The lowest BCUT2D eigenvalue weighted by Crippen LogP contribution is -2.28. The van der Waals surface area contributed by atoms with Crippen molar-refractivity contribution in [1.82, 2.24) is 9.62 Å². The molecule has 1 fully saturated rings. The van der Waals surface area contributed by atoms with Crippen LogP contribution in [0.1, 0.15) is 12.0 Å². The molecule has 0 spiro atoms. The predicted molar refractivity (Wildman–Crippen MR) is 123 cm³/mol. The molecule has 1 aliphatic rings. The van der Waals surface area contributed by atoms with E-state index >= 15 is 0 Å². The molecule has 0 bridgehead atoms. The summed E-state index contributed by atoms with van der Waals surface area (Å²) in [5.41, 5.74) is 3.53. The van der Waals surface area contributed by atoms with Gasteiger partial charge in [-0.15, -0.1) is 13.2 Å². The molecule has 1 unspecified atom stereocenters. The maximum absolute atomic E-state index is 12.4. The van der Waals surface area contributed by atoms with Crippen molar-refractivity contribution in [2.45, 2.75) is 30.3 Å². The average molecular weight is 479 g/mol. The second kappa shape index (κ2) is 10.2. The van der Waals surface area contributed by atoms with Crippen molar-refractivity contribution in [3.05, 3.63) is 83.4 Å². The number of halogens is 4. The third-order valence-electron chi connectivity index (χ3n) is 5.19. The van der Waals surface area contributed by atoms with Crippen molar-refractivity contribution in [2.24, 2.45) is 0 Å². The minimum Gasteiger partial charge on any atom is -0.406 e. The molecule has 168 valence electrons. The molecule has 0 aliphatic carbocycles. The van der Waals surface area contributed by atoms with Crippen molar-refractivity contribution in [3.63, 3.8) is 0 Å². The third kappa shape index (κ3) is 6.65. The van der Waals surface area contributed by atoms with E-state index in [-0.39, 0.29) is 11.8 Å². The van der Waals surface area contributed by atoms with Crippen LogP contribution < -0.4 is 9.46 Å². The summed E-state index contributed by atoms with van der Waals surface area (Å²) < 4.78 is 44.5. The largest absolute Gasteiger partial charge is 0.573 e. The topological polar surface area (TPSA) is 24.5 Å². The van der Waals surface area contributed by atoms with Gasteiger partial charge in [-0.25, -0.2) is 0 Å². The van der Waals surface area contributed by atoms with Gasteiger partial charge in [-0.05, 0) is 65.4 Å². The van der Waals surface area contributed by atoms with E-state index in [2.05, 4.69) is 38.6 Å². The molecule has 1 heterocycles. The first kappa shape index (κ1) is 23.0. The van der Waals surface area contributed by atoms with Gasteiger partial charge in [-0.2, -0.15) is 0 Å². The molecule has 8 heteroatoms. The summed E-state index contributed by atoms with van der Waals surface area (Å²) in [6, 6.07) is 22.6. The Morgan fingerprint density at radius 2 is 1.69 bits per heavy atom. The lowest BCUT2D eigenvalue weighted by molar-refractivity contribution is -0.274. The monoisotopic (exact) mass is 478 g/mol. The van der Waals surface area contributed by atoms with Crippen LogP contribution in [0, 0.1) is 0 Å².